The van der Waals surface area contributed by atoms with Crippen LogP contribution in [0.2, 0.25) is 0 Å². The zero-order chi connectivity index (χ0) is 17.9. The zero-order valence-electron chi connectivity index (χ0n) is 14.0. The van der Waals surface area contributed by atoms with Gasteiger partial charge in [0.1, 0.15) is 5.82 Å². The molecule has 0 heterocycles. The fraction of sp³-hybridized carbons (Fsp3) is 0.286. The first-order valence-electron chi connectivity index (χ1n) is 8.51. The maximum atomic E-state index is 12.9. The van der Waals surface area contributed by atoms with Gasteiger partial charge in [0.05, 0.1) is 5.60 Å². The number of anilines is 1. The average Bonchev–Trinajstić information content (AvgIpc) is 2.64. The molecule has 1 aliphatic rings. The molecular weight excluding hydrogens is 317 g/mol. The van der Waals surface area contributed by atoms with Gasteiger partial charge in [0, 0.05) is 11.3 Å². The van der Waals surface area contributed by atoms with Crippen LogP contribution in [-0.4, -0.2) is 16.6 Å². The van der Waals surface area contributed by atoms with Gasteiger partial charge in [-0.15, -0.1) is 0 Å². The molecule has 0 bridgehead atoms. The quantitative estimate of drug-likeness (QED) is 0.811. The Hall–Kier alpha value is -2.46. The first kappa shape index (κ1) is 17.4. The highest BCUT2D eigenvalue weighted by Crippen LogP contribution is 2.41. The summed E-state index contributed by atoms with van der Waals surface area (Å²) in [5, 5.41) is 13.5. The predicted molar refractivity (Wildman–Crippen MR) is 96.8 cm³/mol. The molecular formula is C21H22FNO2. The number of carbonyl (C=O) groups is 1. The van der Waals surface area contributed by atoms with Crippen molar-refractivity contribution < 1.29 is 14.3 Å². The van der Waals surface area contributed by atoms with Crippen LogP contribution in [-0.2, 0) is 4.79 Å². The predicted octanol–water partition coefficient (Wildman–Crippen LogP) is 4.41. The first-order chi connectivity index (χ1) is 12.0. The van der Waals surface area contributed by atoms with Crippen LogP contribution < -0.4 is 5.32 Å². The Morgan fingerprint density at radius 1 is 1.08 bits per heavy atom. The number of aliphatic hydroxyl groups is 1. The minimum Gasteiger partial charge on any atom is -0.385 e. The second-order valence-electron chi connectivity index (χ2n) is 6.66. The number of amides is 1. The monoisotopic (exact) mass is 339 g/mol. The summed E-state index contributed by atoms with van der Waals surface area (Å²) < 4.78 is 12.9. The Bertz CT molecular complexity index is 747. The number of halogens is 1. The molecule has 0 aliphatic heterocycles. The third-order valence-electron chi connectivity index (χ3n) is 5.02. The van der Waals surface area contributed by atoms with Crippen LogP contribution in [0.25, 0.3) is 0 Å². The lowest BCUT2D eigenvalue weighted by molar-refractivity contribution is -0.115. The Morgan fingerprint density at radius 2 is 1.68 bits per heavy atom. The van der Waals surface area contributed by atoms with Gasteiger partial charge in [-0.25, -0.2) is 4.39 Å². The van der Waals surface area contributed by atoms with Crippen molar-refractivity contribution in [3.8, 4) is 0 Å². The molecule has 0 aromatic heterocycles. The van der Waals surface area contributed by atoms with Crippen LogP contribution in [0.5, 0.6) is 0 Å². The van der Waals surface area contributed by atoms with Crippen LogP contribution in [0, 0.1) is 5.82 Å². The second-order valence-corrected chi connectivity index (χ2v) is 6.66. The van der Waals surface area contributed by atoms with Gasteiger partial charge < -0.3 is 10.4 Å². The standard InChI is InChI=1S/C21H22FNO2/c1-15(20(24)23-19-9-7-18(22)8-10-19)21(25)13-11-17(12-14-21)16-5-3-2-4-6-16/h2-10,17,25H,1,11-14H2,(H,23,24). The molecule has 2 aromatic carbocycles. The molecule has 4 heteroatoms. The molecule has 0 radical (unpaired) electrons. The molecule has 2 aromatic rings. The van der Waals surface area contributed by atoms with Gasteiger partial charge in [-0.1, -0.05) is 36.9 Å². The summed E-state index contributed by atoms with van der Waals surface area (Å²) in [6.07, 6.45) is 2.62. The molecule has 0 unspecified atom stereocenters. The summed E-state index contributed by atoms with van der Waals surface area (Å²) in [6, 6.07) is 15.8. The number of nitrogens with one attached hydrogen (secondary N) is 1. The molecule has 1 saturated carbocycles. The Kier molecular flexibility index (Phi) is 5.00. The van der Waals surface area contributed by atoms with Crippen molar-refractivity contribution in [3.05, 3.63) is 78.1 Å². The van der Waals surface area contributed by atoms with Crippen molar-refractivity contribution in [3.63, 3.8) is 0 Å². The van der Waals surface area contributed by atoms with E-state index in [1.807, 2.05) is 18.2 Å². The van der Waals surface area contributed by atoms with E-state index in [1.165, 1.54) is 29.8 Å². The average molecular weight is 339 g/mol. The summed E-state index contributed by atoms with van der Waals surface area (Å²) in [4.78, 5) is 12.4. The fourth-order valence-corrected chi connectivity index (χ4v) is 3.41. The summed E-state index contributed by atoms with van der Waals surface area (Å²) in [6.45, 7) is 3.83. The van der Waals surface area contributed by atoms with Gasteiger partial charge in [0.25, 0.3) is 5.91 Å². The fourth-order valence-electron chi connectivity index (χ4n) is 3.41. The summed E-state index contributed by atoms with van der Waals surface area (Å²) in [5.74, 6) is -0.392. The van der Waals surface area contributed by atoms with E-state index in [0.717, 1.165) is 12.8 Å². The third kappa shape index (κ3) is 3.97. The molecule has 3 nitrogen and oxygen atoms in total. The second kappa shape index (κ2) is 7.19. The van der Waals surface area contributed by atoms with Crippen molar-refractivity contribution in [2.75, 3.05) is 5.32 Å². The van der Waals surface area contributed by atoms with E-state index in [0.29, 0.717) is 24.4 Å². The molecule has 25 heavy (non-hydrogen) atoms. The van der Waals surface area contributed by atoms with Crippen LogP contribution in [0.3, 0.4) is 0 Å². The smallest absolute Gasteiger partial charge is 0.253 e. The molecule has 3 rings (SSSR count). The molecule has 0 spiro atoms. The normalized spacial score (nSPS) is 23.0. The van der Waals surface area contributed by atoms with E-state index in [-0.39, 0.29) is 11.4 Å². The van der Waals surface area contributed by atoms with E-state index < -0.39 is 11.5 Å². The molecule has 130 valence electrons. The number of carbonyl (C=O) groups excluding carboxylic acids is 1. The molecule has 0 saturated heterocycles. The summed E-state index contributed by atoms with van der Waals surface area (Å²) in [7, 11) is 0. The topological polar surface area (TPSA) is 49.3 Å². The maximum Gasteiger partial charge on any atom is 0.253 e. The van der Waals surface area contributed by atoms with Gasteiger partial charge >= 0.3 is 0 Å². The minimum atomic E-state index is -1.19. The van der Waals surface area contributed by atoms with Gasteiger partial charge in [0.15, 0.2) is 0 Å². The van der Waals surface area contributed by atoms with E-state index in [4.69, 9.17) is 0 Å². The molecule has 1 aliphatic carbocycles. The molecule has 0 atom stereocenters. The molecule has 1 amide bonds. The Balaban J connectivity index is 1.62. The Labute approximate surface area is 147 Å². The van der Waals surface area contributed by atoms with Crippen molar-refractivity contribution in [1.82, 2.24) is 0 Å². The maximum absolute atomic E-state index is 12.9. The van der Waals surface area contributed by atoms with Crippen molar-refractivity contribution in [2.24, 2.45) is 0 Å². The lowest BCUT2D eigenvalue weighted by atomic mass is 9.73. The molecule has 1 fully saturated rings. The Morgan fingerprint density at radius 3 is 2.28 bits per heavy atom. The number of hydrogen-bond acceptors (Lipinski definition) is 2. The lowest BCUT2D eigenvalue weighted by Crippen LogP contribution is -2.39. The number of rotatable bonds is 4. The highest BCUT2D eigenvalue weighted by Gasteiger charge is 2.38. The highest BCUT2D eigenvalue weighted by atomic mass is 19.1. The van der Waals surface area contributed by atoms with Gasteiger partial charge in [-0.3, -0.25) is 4.79 Å². The van der Waals surface area contributed by atoms with Crippen molar-refractivity contribution >= 4 is 11.6 Å². The van der Waals surface area contributed by atoms with E-state index >= 15 is 0 Å². The van der Waals surface area contributed by atoms with E-state index in [2.05, 4.69) is 24.0 Å². The van der Waals surface area contributed by atoms with Gasteiger partial charge in [-0.2, -0.15) is 0 Å². The van der Waals surface area contributed by atoms with Crippen LogP contribution in [0.1, 0.15) is 37.2 Å². The minimum absolute atomic E-state index is 0.170. The van der Waals surface area contributed by atoms with E-state index in [1.54, 1.807) is 0 Å². The van der Waals surface area contributed by atoms with Crippen molar-refractivity contribution in [2.45, 2.75) is 37.2 Å². The molecule has 2 N–H and O–H groups in total. The number of hydrogen-bond donors (Lipinski definition) is 2. The third-order valence-corrected chi connectivity index (χ3v) is 5.02. The van der Waals surface area contributed by atoms with Crippen molar-refractivity contribution in [1.29, 1.82) is 0 Å². The van der Waals surface area contributed by atoms with Crippen LogP contribution >= 0.6 is 0 Å². The largest absolute Gasteiger partial charge is 0.385 e. The zero-order valence-corrected chi connectivity index (χ0v) is 14.0. The summed E-state index contributed by atoms with van der Waals surface area (Å²) in [5.41, 5.74) is 0.735. The van der Waals surface area contributed by atoms with E-state index in [9.17, 15) is 14.3 Å². The SMILES string of the molecule is C=C(C(=O)Nc1ccc(F)cc1)C1(O)CCC(c2ccccc2)CC1. The highest BCUT2D eigenvalue weighted by molar-refractivity contribution is 6.04. The van der Waals surface area contributed by atoms with Crippen LogP contribution in [0.15, 0.2) is 66.7 Å². The number of benzene rings is 2. The lowest BCUT2D eigenvalue weighted by Gasteiger charge is -2.37. The summed E-state index contributed by atoms with van der Waals surface area (Å²) >= 11 is 0. The van der Waals surface area contributed by atoms with Gasteiger partial charge in [0.2, 0.25) is 0 Å². The van der Waals surface area contributed by atoms with Crippen LogP contribution in [0.4, 0.5) is 10.1 Å². The first-order valence-corrected chi connectivity index (χ1v) is 8.51. The van der Waals surface area contributed by atoms with Gasteiger partial charge in [-0.05, 0) is 61.4 Å².